The van der Waals surface area contributed by atoms with Crippen LogP contribution in [0.2, 0.25) is 0 Å². The van der Waals surface area contributed by atoms with Gasteiger partial charge in [0.1, 0.15) is 12.0 Å². The third-order valence-electron chi connectivity index (χ3n) is 4.38. The van der Waals surface area contributed by atoms with E-state index in [1.807, 2.05) is 30.3 Å². The van der Waals surface area contributed by atoms with Crippen LogP contribution < -0.4 is 5.32 Å². The van der Waals surface area contributed by atoms with E-state index in [1.54, 1.807) is 0 Å². The molecular weight excluding hydrogens is 254 g/mol. The number of benzene rings is 1. The Morgan fingerprint density at radius 3 is 2.50 bits per heavy atom. The van der Waals surface area contributed by atoms with Gasteiger partial charge in [-0.15, -0.1) is 0 Å². The second-order valence-electron chi connectivity index (χ2n) is 5.81. The Bertz CT molecular complexity index is 450. The first-order valence-electron chi connectivity index (χ1n) is 7.38. The highest BCUT2D eigenvalue weighted by Gasteiger charge is 2.36. The number of aliphatic hydroxyl groups is 1. The van der Waals surface area contributed by atoms with Crippen molar-refractivity contribution in [2.75, 3.05) is 6.61 Å². The molecule has 1 aromatic carbocycles. The maximum atomic E-state index is 12.3. The van der Waals surface area contributed by atoms with E-state index in [0.29, 0.717) is 12.1 Å². The normalized spacial score (nSPS) is 29.9. The number of hydrogen-bond acceptors (Lipinski definition) is 4. The lowest BCUT2D eigenvalue weighted by Crippen LogP contribution is -2.42. The summed E-state index contributed by atoms with van der Waals surface area (Å²) in [4.78, 5) is 12.3. The van der Waals surface area contributed by atoms with Crippen molar-refractivity contribution in [3.05, 3.63) is 35.9 Å². The molecule has 4 nitrogen and oxygen atoms in total. The fraction of sp³-hybridized carbons (Fsp3) is 0.562. The van der Waals surface area contributed by atoms with Crippen molar-refractivity contribution in [2.45, 2.75) is 49.8 Å². The molecule has 2 heterocycles. The predicted octanol–water partition coefficient (Wildman–Crippen LogP) is 1.59. The van der Waals surface area contributed by atoms with E-state index >= 15 is 0 Å². The smallest absolute Gasteiger partial charge is 0.316 e. The van der Waals surface area contributed by atoms with Gasteiger partial charge in [-0.1, -0.05) is 30.3 Å². The van der Waals surface area contributed by atoms with Crippen molar-refractivity contribution >= 4 is 5.97 Å². The van der Waals surface area contributed by atoms with Crippen molar-refractivity contribution in [3.63, 3.8) is 0 Å². The van der Waals surface area contributed by atoms with Crippen LogP contribution in [0.4, 0.5) is 0 Å². The topological polar surface area (TPSA) is 58.6 Å². The van der Waals surface area contributed by atoms with Crippen molar-refractivity contribution < 1.29 is 14.6 Å². The standard InChI is InChI=1S/C16H21NO3/c18-10-15(11-4-2-1-3-5-11)16(19)20-14-8-12-6-7-13(9-14)17-12/h1-5,12-15,17-18H,6-10H2/t12-,13-,15?/m0/s1. The van der Waals surface area contributed by atoms with Gasteiger partial charge >= 0.3 is 5.97 Å². The van der Waals surface area contributed by atoms with Crippen molar-refractivity contribution in [2.24, 2.45) is 0 Å². The van der Waals surface area contributed by atoms with Crippen LogP contribution in [0.5, 0.6) is 0 Å². The molecule has 0 saturated carbocycles. The first kappa shape index (κ1) is 13.6. The fourth-order valence-electron chi connectivity index (χ4n) is 3.35. The molecule has 2 bridgehead atoms. The quantitative estimate of drug-likeness (QED) is 0.819. The van der Waals surface area contributed by atoms with Gasteiger partial charge in [0.15, 0.2) is 0 Å². The third kappa shape index (κ3) is 2.86. The summed E-state index contributed by atoms with van der Waals surface area (Å²) in [6.45, 7) is -0.208. The molecule has 2 fully saturated rings. The number of piperidine rings is 1. The van der Waals surface area contributed by atoms with Gasteiger partial charge in [-0.2, -0.15) is 0 Å². The Balaban J connectivity index is 1.63. The van der Waals surface area contributed by atoms with Gasteiger partial charge < -0.3 is 15.2 Å². The number of aliphatic hydroxyl groups excluding tert-OH is 1. The molecular formula is C16H21NO3. The van der Waals surface area contributed by atoms with Crippen LogP contribution in [0.3, 0.4) is 0 Å². The third-order valence-corrected chi connectivity index (χ3v) is 4.38. The molecule has 2 N–H and O–H groups in total. The number of fused-ring (bicyclic) bond motifs is 2. The zero-order valence-corrected chi connectivity index (χ0v) is 11.5. The summed E-state index contributed by atoms with van der Waals surface area (Å²) in [6, 6.07) is 10.3. The monoisotopic (exact) mass is 275 g/mol. The minimum absolute atomic E-state index is 0.000915. The molecule has 1 aromatic rings. The Morgan fingerprint density at radius 1 is 1.25 bits per heavy atom. The highest BCUT2D eigenvalue weighted by Crippen LogP contribution is 2.29. The van der Waals surface area contributed by atoms with Gasteiger partial charge in [-0.3, -0.25) is 4.79 Å². The molecule has 4 heteroatoms. The maximum Gasteiger partial charge on any atom is 0.316 e. The molecule has 2 aliphatic rings. The Hall–Kier alpha value is -1.39. The number of hydrogen-bond donors (Lipinski definition) is 2. The highest BCUT2D eigenvalue weighted by atomic mass is 16.5. The van der Waals surface area contributed by atoms with Crippen molar-refractivity contribution in [1.29, 1.82) is 0 Å². The molecule has 1 unspecified atom stereocenters. The Morgan fingerprint density at radius 2 is 1.90 bits per heavy atom. The van der Waals surface area contributed by atoms with Crippen LogP contribution in [0, 0.1) is 0 Å². The molecule has 0 aliphatic carbocycles. The lowest BCUT2D eigenvalue weighted by Gasteiger charge is -2.29. The van der Waals surface area contributed by atoms with Crippen LogP contribution in [-0.4, -0.2) is 35.9 Å². The molecule has 0 radical (unpaired) electrons. The average Bonchev–Trinajstić information content (AvgIpc) is 2.80. The van der Waals surface area contributed by atoms with Crippen LogP contribution in [0.25, 0.3) is 0 Å². The van der Waals surface area contributed by atoms with Crippen LogP contribution >= 0.6 is 0 Å². The molecule has 3 atom stereocenters. The van der Waals surface area contributed by atoms with E-state index in [4.69, 9.17) is 4.74 Å². The van der Waals surface area contributed by atoms with E-state index in [-0.39, 0.29) is 18.7 Å². The molecule has 0 amide bonds. The predicted molar refractivity (Wildman–Crippen MR) is 75.3 cm³/mol. The van der Waals surface area contributed by atoms with Gasteiger partial charge in [-0.25, -0.2) is 0 Å². The van der Waals surface area contributed by atoms with E-state index in [2.05, 4.69) is 5.32 Å². The summed E-state index contributed by atoms with van der Waals surface area (Å²) in [5, 5.41) is 13.0. The summed E-state index contributed by atoms with van der Waals surface area (Å²) in [5.41, 5.74) is 0.817. The lowest BCUT2D eigenvalue weighted by atomic mass is 9.99. The van der Waals surface area contributed by atoms with Gasteiger partial charge in [-0.05, 0) is 31.2 Å². The zero-order valence-electron chi connectivity index (χ0n) is 11.5. The molecule has 0 aromatic heterocycles. The summed E-state index contributed by atoms with van der Waals surface area (Å²) in [5.74, 6) is -0.867. The minimum atomic E-state index is -0.566. The summed E-state index contributed by atoms with van der Waals surface area (Å²) >= 11 is 0. The zero-order chi connectivity index (χ0) is 13.9. The minimum Gasteiger partial charge on any atom is -0.462 e. The maximum absolute atomic E-state index is 12.3. The fourth-order valence-corrected chi connectivity index (χ4v) is 3.35. The van der Waals surface area contributed by atoms with Gasteiger partial charge in [0, 0.05) is 12.1 Å². The molecule has 2 aliphatic heterocycles. The summed E-state index contributed by atoms with van der Waals surface area (Å²) in [6.07, 6.45) is 4.16. The number of rotatable bonds is 4. The molecule has 20 heavy (non-hydrogen) atoms. The van der Waals surface area contributed by atoms with E-state index in [0.717, 1.165) is 18.4 Å². The van der Waals surface area contributed by atoms with E-state index in [1.165, 1.54) is 12.8 Å². The number of ether oxygens (including phenoxy) is 1. The Kier molecular flexibility index (Phi) is 4.03. The van der Waals surface area contributed by atoms with Crippen molar-refractivity contribution in [1.82, 2.24) is 5.32 Å². The first-order chi connectivity index (χ1) is 9.76. The SMILES string of the molecule is O=C(OC1C[C@@H]2CC[C@@H](C1)N2)C(CO)c1ccccc1. The molecule has 108 valence electrons. The number of carbonyl (C=O) groups is 1. The molecule has 0 spiro atoms. The van der Waals surface area contributed by atoms with E-state index < -0.39 is 5.92 Å². The largest absolute Gasteiger partial charge is 0.462 e. The summed E-state index contributed by atoms with van der Waals surface area (Å²) < 4.78 is 5.64. The lowest BCUT2D eigenvalue weighted by molar-refractivity contribution is -0.153. The van der Waals surface area contributed by atoms with E-state index in [9.17, 15) is 9.90 Å². The Labute approximate surface area is 119 Å². The van der Waals surface area contributed by atoms with Crippen LogP contribution in [0.15, 0.2) is 30.3 Å². The van der Waals surface area contributed by atoms with Crippen LogP contribution in [-0.2, 0) is 9.53 Å². The summed E-state index contributed by atoms with van der Waals surface area (Å²) in [7, 11) is 0. The second kappa shape index (κ2) is 5.94. The van der Waals surface area contributed by atoms with Gasteiger partial charge in [0.05, 0.1) is 6.61 Å². The van der Waals surface area contributed by atoms with Crippen LogP contribution in [0.1, 0.15) is 37.2 Å². The number of nitrogens with one attached hydrogen (secondary N) is 1. The highest BCUT2D eigenvalue weighted by molar-refractivity contribution is 5.78. The number of carbonyl (C=O) groups excluding carboxylic acids is 1. The first-order valence-corrected chi connectivity index (χ1v) is 7.38. The second-order valence-corrected chi connectivity index (χ2v) is 5.81. The number of esters is 1. The average molecular weight is 275 g/mol. The van der Waals surface area contributed by atoms with Crippen molar-refractivity contribution in [3.8, 4) is 0 Å². The molecule has 3 rings (SSSR count). The molecule has 2 saturated heterocycles. The van der Waals surface area contributed by atoms with Gasteiger partial charge in [0.25, 0.3) is 0 Å². The van der Waals surface area contributed by atoms with Gasteiger partial charge in [0.2, 0.25) is 0 Å².